The Morgan fingerprint density at radius 1 is 1.00 bits per heavy atom. The summed E-state index contributed by atoms with van der Waals surface area (Å²) < 4.78 is 40.8. The number of rotatable bonds is 5. The molecule has 3 aromatic carbocycles. The molecule has 44 heavy (non-hydrogen) atoms. The monoisotopic (exact) mass is 627 g/mol. The Hall–Kier alpha value is -4.58. The zero-order valence-electron chi connectivity index (χ0n) is 24.1. The zero-order valence-corrected chi connectivity index (χ0v) is 24.9. The van der Waals surface area contributed by atoms with Crippen molar-refractivity contribution in [1.82, 2.24) is 14.9 Å². The Morgan fingerprint density at radius 3 is 2.34 bits per heavy atom. The molecule has 2 atom stereocenters. The lowest BCUT2D eigenvalue weighted by Crippen LogP contribution is -2.62. The number of anilines is 2. The van der Waals surface area contributed by atoms with Gasteiger partial charge >= 0.3 is 12.3 Å². The number of carbonyl (C=O) groups is 3. The molecule has 0 radical (unpaired) electrons. The fourth-order valence-corrected chi connectivity index (χ4v) is 5.80. The predicted molar refractivity (Wildman–Crippen MR) is 160 cm³/mol. The molecule has 4 N–H and O–H groups in total. The molecule has 2 unspecified atom stereocenters. The number of alkyl halides is 3. The Kier molecular flexibility index (Phi) is 7.83. The molecule has 1 aromatic heterocycles. The molecule has 230 valence electrons. The van der Waals surface area contributed by atoms with Crippen LogP contribution in [0.15, 0.2) is 54.6 Å². The van der Waals surface area contributed by atoms with Crippen molar-refractivity contribution in [3.63, 3.8) is 0 Å². The average molecular weight is 628 g/mol. The number of halogens is 4. The van der Waals surface area contributed by atoms with Gasteiger partial charge in [-0.2, -0.15) is 13.2 Å². The van der Waals surface area contributed by atoms with Gasteiger partial charge in [0.25, 0.3) is 11.8 Å². The second kappa shape index (κ2) is 11.2. The van der Waals surface area contributed by atoms with Crippen LogP contribution in [0.4, 0.5) is 29.3 Å². The summed E-state index contributed by atoms with van der Waals surface area (Å²) >= 11 is 6.23. The standard InChI is InChI=1S/C31H29ClF3N5O4/c1-15-21(32)10-7-11-22(15)38-28(42)18-12-16(36-27(41)17-8-5-6-9-20(17)31(33,34)35)13-23-24(18)39-26(37-23)19-14-40(29(43)44)25(19)30(2,3)4/h5-13,19,25H,14H2,1-4H3,(H,36,41)(H,37,39)(H,38,42)(H,43,44). The first-order chi connectivity index (χ1) is 20.6. The van der Waals surface area contributed by atoms with E-state index < -0.39 is 46.7 Å². The van der Waals surface area contributed by atoms with Gasteiger partial charge in [-0.15, -0.1) is 0 Å². The van der Waals surface area contributed by atoms with E-state index in [0.29, 0.717) is 27.6 Å². The Balaban J connectivity index is 1.58. The summed E-state index contributed by atoms with van der Waals surface area (Å²) in [5.74, 6) is -1.49. The fraction of sp³-hybridized carbons (Fsp3) is 0.290. The van der Waals surface area contributed by atoms with Gasteiger partial charge in [0.15, 0.2) is 0 Å². The Morgan fingerprint density at radius 2 is 1.68 bits per heavy atom. The SMILES string of the molecule is Cc1c(Cl)cccc1NC(=O)c1cc(NC(=O)c2ccccc2C(F)(F)F)cc2[nH]c(C3CN(C(=O)O)C3C(C)(C)C)nc12. The number of carbonyl (C=O) groups excluding carboxylic acids is 2. The number of hydrogen-bond acceptors (Lipinski definition) is 4. The van der Waals surface area contributed by atoms with Crippen LogP contribution in [0, 0.1) is 12.3 Å². The number of aromatic nitrogens is 2. The highest BCUT2D eigenvalue weighted by Gasteiger charge is 2.50. The molecule has 1 saturated heterocycles. The lowest BCUT2D eigenvalue weighted by atomic mass is 9.72. The number of likely N-dealkylation sites (tertiary alicyclic amines) is 1. The summed E-state index contributed by atoms with van der Waals surface area (Å²) in [5, 5.41) is 15.4. The number of fused-ring (bicyclic) bond motifs is 1. The molecule has 9 nitrogen and oxygen atoms in total. The smallest absolute Gasteiger partial charge is 0.417 e. The molecular formula is C31H29ClF3N5O4. The lowest BCUT2D eigenvalue weighted by molar-refractivity contribution is -0.137. The number of hydrogen-bond donors (Lipinski definition) is 4. The third-order valence-electron chi connectivity index (χ3n) is 7.69. The number of aromatic amines is 1. The van der Waals surface area contributed by atoms with Crippen LogP contribution in [0.1, 0.15) is 64.4 Å². The summed E-state index contributed by atoms with van der Waals surface area (Å²) in [5.41, 5.74) is -0.407. The van der Waals surface area contributed by atoms with E-state index in [1.54, 1.807) is 25.1 Å². The van der Waals surface area contributed by atoms with E-state index in [1.165, 1.54) is 29.2 Å². The highest BCUT2D eigenvalue weighted by Crippen LogP contribution is 2.44. The molecule has 4 aromatic rings. The molecule has 13 heteroatoms. The van der Waals surface area contributed by atoms with Crippen LogP contribution in [-0.2, 0) is 6.18 Å². The van der Waals surface area contributed by atoms with E-state index >= 15 is 0 Å². The average Bonchev–Trinajstić information content (AvgIpc) is 3.31. The van der Waals surface area contributed by atoms with Crippen molar-refractivity contribution >= 4 is 51.9 Å². The number of carboxylic acid groups (broad SMARTS) is 1. The maximum Gasteiger partial charge on any atom is 0.417 e. The summed E-state index contributed by atoms with van der Waals surface area (Å²) in [7, 11) is 0. The van der Waals surface area contributed by atoms with E-state index in [-0.39, 0.29) is 29.2 Å². The molecule has 0 saturated carbocycles. The van der Waals surface area contributed by atoms with Crippen LogP contribution in [0.5, 0.6) is 0 Å². The van der Waals surface area contributed by atoms with Gasteiger partial charge in [0.2, 0.25) is 0 Å². The van der Waals surface area contributed by atoms with Crippen molar-refractivity contribution in [2.45, 2.75) is 45.8 Å². The third-order valence-corrected chi connectivity index (χ3v) is 8.10. The van der Waals surface area contributed by atoms with E-state index in [2.05, 4.69) is 15.6 Å². The second-order valence-electron chi connectivity index (χ2n) is 11.8. The van der Waals surface area contributed by atoms with Crippen LogP contribution < -0.4 is 10.6 Å². The molecule has 5 rings (SSSR count). The van der Waals surface area contributed by atoms with E-state index in [9.17, 15) is 32.7 Å². The van der Waals surface area contributed by atoms with Crippen LogP contribution in [-0.4, -0.2) is 50.5 Å². The van der Waals surface area contributed by atoms with Crippen LogP contribution in [0.2, 0.25) is 5.02 Å². The number of nitrogens with one attached hydrogen (secondary N) is 3. The minimum absolute atomic E-state index is 0.0329. The van der Waals surface area contributed by atoms with Gasteiger partial charge in [-0.05, 0) is 54.3 Å². The Labute approximate surface area is 255 Å². The first-order valence-electron chi connectivity index (χ1n) is 13.6. The lowest BCUT2D eigenvalue weighted by Gasteiger charge is -2.52. The van der Waals surface area contributed by atoms with Gasteiger partial charge in [-0.1, -0.05) is 50.6 Å². The summed E-state index contributed by atoms with van der Waals surface area (Å²) in [4.78, 5) is 47.8. The quantitative estimate of drug-likeness (QED) is 0.182. The molecular weight excluding hydrogens is 599 g/mol. The van der Waals surface area contributed by atoms with Crippen LogP contribution in [0.3, 0.4) is 0 Å². The number of H-pyrrole nitrogens is 1. The maximum atomic E-state index is 13.7. The van der Waals surface area contributed by atoms with E-state index in [0.717, 1.165) is 12.1 Å². The van der Waals surface area contributed by atoms with Gasteiger partial charge in [-0.3, -0.25) is 9.59 Å². The first-order valence-corrected chi connectivity index (χ1v) is 14.0. The van der Waals surface area contributed by atoms with Crippen molar-refractivity contribution in [3.05, 3.63) is 87.7 Å². The fourth-order valence-electron chi connectivity index (χ4n) is 5.63. The number of imidazole rings is 1. The van der Waals surface area contributed by atoms with Gasteiger partial charge in [0, 0.05) is 22.9 Å². The molecule has 1 fully saturated rings. The van der Waals surface area contributed by atoms with Crippen LogP contribution >= 0.6 is 11.6 Å². The molecule has 1 aliphatic heterocycles. The molecule has 0 spiro atoms. The molecule has 0 bridgehead atoms. The largest absolute Gasteiger partial charge is 0.465 e. The maximum absolute atomic E-state index is 13.7. The van der Waals surface area contributed by atoms with Gasteiger partial charge in [-0.25, -0.2) is 9.78 Å². The predicted octanol–water partition coefficient (Wildman–Crippen LogP) is 7.54. The zero-order chi connectivity index (χ0) is 32.1. The molecule has 3 amide bonds. The molecule has 0 aliphatic carbocycles. The first kappa shape index (κ1) is 30.9. The van der Waals surface area contributed by atoms with Crippen molar-refractivity contribution in [2.75, 3.05) is 17.2 Å². The minimum atomic E-state index is -4.76. The highest BCUT2D eigenvalue weighted by atomic mass is 35.5. The number of amides is 3. The summed E-state index contributed by atoms with van der Waals surface area (Å²) in [6.07, 6.45) is -5.81. The minimum Gasteiger partial charge on any atom is -0.465 e. The van der Waals surface area contributed by atoms with Gasteiger partial charge in [0.05, 0.1) is 34.2 Å². The topological polar surface area (TPSA) is 127 Å². The van der Waals surface area contributed by atoms with Crippen molar-refractivity contribution < 1.29 is 32.7 Å². The van der Waals surface area contributed by atoms with Gasteiger partial charge < -0.3 is 25.6 Å². The summed E-state index contributed by atoms with van der Waals surface area (Å²) in [6.45, 7) is 7.66. The number of nitrogens with zero attached hydrogens (tertiary/aromatic N) is 2. The van der Waals surface area contributed by atoms with E-state index in [1.807, 2.05) is 20.8 Å². The normalized spacial score (nSPS) is 16.9. The van der Waals surface area contributed by atoms with Crippen LogP contribution in [0.25, 0.3) is 11.0 Å². The summed E-state index contributed by atoms with van der Waals surface area (Å²) in [6, 6.07) is 11.8. The highest BCUT2D eigenvalue weighted by molar-refractivity contribution is 6.31. The van der Waals surface area contributed by atoms with Crippen molar-refractivity contribution in [3.8, 4) is 0 Å². The number of benzene rings is 3. The Bertz CT molecular complexity index is 1800. The van der Waals surface area contributed by atoms with E-state index in [4.69, 9.17) is 16.6 Å². The second-order valence-corrected chi connectivity index (χ2v) is 12.2. The third kappa shape index (κ3) is 5.81. The molecule has 2 heterocycles. The van der Waals surface area contributed by atoms with Crippen molar-refractivity contribution in [1.29, 1.82) is 0 Å². The van der Waals surface area contributed by atoms with Crippen molar-refractivity contribution in [2.24, 2.45) is 5.41 Å². The van der Waals surface area contributed by atoms with Gasteiger partial charge in [0.1, 0.15) is 11.3 Å². The molecule has 1 aliphatic rings.